The number of aromatic nitrogens is 2. The molecule has 1 aromatic heterocycles. The average Bonchev–Trinajstić information content (AvgIpc) is 2.66. The van der Waals surface area contributed by atoms with Crippen LogP contribution in [0.1, 0.15) is 13.3 Å². The second-order valence-corrected chi connectivity index (χ2v) is 5.78. The predicted octanol–water partition coefficient (Wildman–Crippen LogP) is 1.01. The van der Waals surface area contributed by atoms with Crippen LogP contribution >= 0.6 is 22.6 Å². The molecule has 0 saturated heterocycles. The lowest BCUT2D eigenvalue weighted by Gasteiger charge is -2.01. The molecule has 86 valence electrons. The molecule has 0 aliphatic heterocycles. The van der Waals surface area contributed by atoms with E-state index in [1.54, 1.807) is 4.57 Å². The summed E-state index contributed by atoms with van der Waals surface area (Å²) in [6, 6.07) is 0. The first-order chi connectivity index (χ1) is 7.10. The molecule has 15 heavy (non-hydrogen) atoms. The number of rotatable bonds is 6. The van der Waals surface area contributed by atoms with Gasteiger partial charge in [0, 0.05) is 23.7 Å². The fraction of sp³-hybridized carbons (Fsp3) is 0.625. The van der Waals surface area contributed by atoms with E-state index >= 15 is 0 Å². The molecule has 1 heterocycles. The minimum Gasteiger partial charge on any atom is -0.336 e. The highest BCUT2D eigenvalue weighted by Crippen LogP contribution is 2.04. The van der Waals surface area contributed by atoms with Gasteiger partial charge in [0.25, 0.3) is 10.0 Å². The van der Waals surface area contributed by atoms with Crippen molar-refractivity contribution in [3.8, 4) is 0 Å². The average molecular weight is 343 g/mol. The summed E-state index contributed by atoms with van der Waals surface area (Å²) in [5.41, 5.74) is 0. The number of sulfonamides is 1. The van der Waals surface area contributed by atoms with E-state index in [4.69, 9.17) is 0 Å². The minimum absolute atomic E-state index is 0.0952. The van der Waals surface area contributed by atoms with Crippen molar-refractivity contribution in [3.05, 3.63) is 12.5 Å². The Hall–Kier alpha value is -0.150. The van der Waals surface area contributed by atoms with Crippen LogP contribution in [0.2, 0.25) is 0 Å². The number of aryl methyl sites for hydroxylation is 1. The van der Waals surface area contributed by atoms with E-state index in [2.05, 4.69) is 32.3 Å². The standard InChI is InChI=1S/C8H14IN3O2S/c1-2-12-6-8(10-7-12)15(13,14)11-5-3-4-9/h6-7,11H,2-5H2,1H3. The van der Waals surface area contributed by atoms with Gasteiger partial charge in [-0.3, -0.25) is 0 Å². The Balaban J connectivity index is 2.68. The van der Waals surface area contributed by atoms with E-state index in [-0.39, 0.29) is 5.03 Å². The van der Waals surface area contributed by atoms with Gasteiger partial charge in [-0.1, -0.05) is 22.6 Å². The van der Waals surface area contributed by atoms with Crippen LogP contribution in [0, 0.1) is 0 Å². The van der Waals surface area contributed by atoms with Crippen LogP contribution < -0.4 is 4.72 Å². The van der Waals surface area contributed by atoms with Crippen LogP contribution in [-0.2, 0) is 16.6 Å². The molecule has 0 atom stereocenters. The van der Waals surface area contributed by atoms with E-state index in [0.717, 1.165) is 17.4 Å². The highest BCUT2D eigenvalue weighted by molar-refractivity contribution is 14.1. The number of halogens is 1. The quantitative estimate of drug-likeness (QED) is 0.476. The Bertz CT molecular complexity index is 402. The van der Waals surface area contributed by atoms with E-state index in [1.807, 2.05) is 6.92 Å². The summed E-state index contributed by atoms with van der Waals surface area (Å²) < 4.78 is 28.5. The van der Waals surface area contributed by atoms with E-state index in [9.17, 15) is 8.42 Å². The third-order valence-corrected chi connectivity index (χ3v) is 3.96. The maximum Gasteiger partial charge on any atom is 0.259 e. The van der Waals surface area contributed by atoms with Crippen LogP contribution in [-0.4, -0.2) is 28.9 Å². The van der Waals surface area contributed by atoms with Gasteiger partial charge in [-0.25, -0.2) is 18.1 Å². The maximum atomic E-state index is 11.6. The second kappa shape index (κ2) is 5.80. The molecule has 0 unspecified atom stereocenters. The summed E-state index contributed by atoms with van der Waals surface area (Å²) in [4.78, 5) is 3.85. The molecule has 1 N–H and O–H groups in total. The van der Waals surface area contributed by atoms with Gasteiger partial charge < -0.3 is 4.57 Å². The van der Waals surface area contributed by atoms with Crippen molar-refractivity contribution < 1.29 is 8.42 Å². The van der Waals surface area contributed by atoms with Crippen molar-refractivity contribution in [3.63, 3.8) is 0 Å². The summed E-state index contributed by atoms with van der Waals surface area (Å²) in [5.74, 6) is 0. The summed E-state index contributed by atoms with van der Waals surface area (Å²) >= 11 is 2.21. The molecular formula is C8H14IN3O2S. The number of nitrogens with one attached hydrogen (secondary N) is 1. The molecule has 1 aromatic rings. The fourth-order valence-corrected chi connectivity index (χ4v) is 2.40. The van der Waals surface area contributed by atoms with Crippen molar-refractivity contribution in [1.82, 2.24) is 14.3 Å². The molecule has 5 nitrogen and oxygen atoms in total. The number of hydrogen-bond acceptors (Lipinski definition) is 3. The Morgan fingerprint density at radius 3 is 2.87 bits per heavy atom. The molecule has 7 heteroatoms. The topological polar surface area (TPSA) is 64.0 Å². The van der Waals surface area contributed by atoms with Gasteiger partial charge in [0.05, 0.1) is 6.33 Å². The monoisotopic (exact) mass is 343 g/mol. The molecule has 0 bridgehead atoms. The molecule has 0 aromatic carbocycles. The Kier molecular flexibility index (Phi) is 5.00. The lowest BCUT2D eigenvalue weighted by atomic mass is 10.5. The molecule has 0 saturated carbocycles. The summed E-state index contributed by atoms with van der Waals surface area (Å²) in [5, 5.41) is 0.0952. The smallest absolute Gasteiger partial charge is 0.259 e. The number of imidazole rings is 1. The third-order valence-electron chi connectivity index (χ3n) is 1.85. The molecular weight excluding hydrogens is 329 g/mol. The van der Waals surface area contributed by atoms with Gasteiger partial charge >= 0.3 is 0 Å². The molecule has 0 spiro atoms. The van der Waals surface area contributed by atoms with Gasteiger partial charge in [0.1, 0.15) is 0 Å². The highest BCUT2D eigenvalue weighted by Gasteiger charge is 2.15. The first-order valence-electron chi connectivity index (χ1n) is 4.67. The number of nitrogens with zero attached hydrogens (tertiary/aromatic N) is 2. The second-order valence-electron chi connectivity index (χ2n) is 2.98. The summed E-state index contributed by atoms with van der Waals surface area (Å²) in [6.45, 7) is 3.11. The van der Waals surface area contributed by atoms with Crippen molar-refractivity contribution >= 4 is 32.6 Å². The Morgan fingerprint density at radius 1 is 1.60 bits per heavy atom. The number of hydrogen-bond donors (Lipinski definition) is 1. The highest BCUT2D eigenvalue weighted by atomic mass is 127. The van der Waals surface area contributed by atoms with Gasteiger partial charge in [0.15, 0.2) is 5.03 Å². The molecule has 0 aliphatic rings. The van der Waals surface area contributed by atoms with Crippen LogP contribution in [0.4, 0.5) is 0 Å². The lowest BCUT2D eigenvalue weighted by Crippen LogP contribution is -2.25. The first kappa shape index (κ1) is 12.9. The summed E-state index contributed by atoms with van der Waals surface area (Å²) in [6.07, 6.45) is 3.88. The third kappa shape index (κ3) is 3.72. The van der Waals surface area contributed by atoms with Crippen molar-refractivity contribution in [2.75, 3.05) is 11.0 Å². The minimum atomic E-state index is -3.41. The predicted molar refractivity (Wildman–Crippen MR) is 66.6 cm³/mol. The maximum absolute atomic E-state index is 11.6. The SMILES string of the molecule is CCn1cnc(S(=O)(=O)NCCCI)c1. The molecule has 1 rings (SSSR count). The Morgan fingerprint density at radius 2 is 2.33 bits per heavy atom. The van der Waals surface area contributed by atoms with E-state index < -0.39 is 10.0 Å². The zero-order valence-corrected chi connectivity index (χ0v) is 11.5. The van der Waals surface area contributed by atoms with Crippen molar-refractivity contribution in [2.45, 2.75) is 24.9 Å². The largest absolute Gasteiger partial charge is 0.336 e. The van der Waals surface area contributed by atoms with E-state index in [1.165, 1.54) is 12.5 Å². The van der Waals surface area contributed by atoms with Gasteiger partial charge in [-0.05, 0) is 13.3 Å². The van der Waals surface area contributed by atoms with Gasteiger partial charge in [-0.15, -0.1) is 0 Å². The fourth-order valence-electron chi connectivity index (χ4n) is 0.999. The zero-order chi connectivity index (χ0) is 11.3. The zero-order valence-electron chi connectivity index (χ0n) is 8.48. The van der Waals surface area contributed by atoms with Gasteiger partial charge in [0.2, 0.25) is 0 Å². The first-order valence-corrected chi connectivity index (χ1v) is 7.68. The molecule has 0 radical (unpaired) electrons. The number of alkyl halides is 1. The Labute approximate surface area is 103 Å². The van der Waals surface area contributed by atoms with Crippen molar-refractivity contribution in [2.24, 2.45) is 0 Å². The normalized spacial score (nSPS) is 11.9. The van der Waals surface area contributed by atoms with Gasteiger partial charge in [-0.2, -0.15) is 0 Å². The van der Waals surface area contributed by atoms with Crippen LogP contribution in [0.15, 0.2) is 17.6 Å². The van der Waals surface area contributed by atoms with Crippen LogP contribution in [0.3, 0.4) is 0 Å². The van der Waals surface area contributed by atoms with Crippen molar-refractivity contribution in [1.29, 1.82) is 0 Å². The van der Waals surface area contributed by atoms with Crippen LogP contribution in [0.5, 0.6) is 0 Å². The molecule has 0 fully saturated rings. The van der Waals surface area contributed by atoms with E-state index in [0.29, 0.717) is 6.54 Å². The summed E-state index contributed by atoms with van der Waals surface area (Å²) in [7, 11) is -3.41. The van der Waals surface area contributed by atoms with Crippen LogP contribution in [0.25, 0.3) is 0 Å². The molecule has 0 aliphatic carbocycles. The lowest BCUT2D eigenvalue weighted by molar-refractivity contribution is 0.577. The molecule has 0 amide bonds.